The molecule has 12 aromatic rings. The molecule has 0 radical (unpaired) electrons. The zero-order chi connectivity index (χ0) is 44.8. The minimum absolute atomic E-state index is 0.516. The average Bonchev–Trinajstić information content (AvgIpc) is 3.88. The molecule has 68 heavy (non-hydrogen) atoms. The van der Waals surface area contributed by atoms with E-state index in [1.807, 2.05) is 11.8 Å². The lowest BCUT2D eigenvalue weighted by Crippen LogP contribution is -2.32. The number of nitrogens with zero attached hydrogens (tertiary/aromatic N) is 2. The van der Waals surface area contributed by atoms with E-state index in [-0.39, 0.29) is 0 Å². The first-order chi connectivity index (χ1) is 33.7. The molecule has 0 bridgehead atoms. The second-order valence-electron chi connectivity index (χ2n) is 18.0. The topological polar surface area (TPSA) is 8.17 Å². The highest BCUT2D eigenvalue weighted by Gasteiger charge is 2.50. The van der Waals surface area contributed by atoms with Gasteiger partial charge in [-0.1, -0.05) is 176 Å². The van der Waals surface area contributed by atoms with Crippen molar-refractivity contribution >= 4 is 61.4 Å². The maximum absolute atomic E-state index is 2.50. The van der Waals surface area contributed by atoms with Gasteiger partial charge < -0.3 is 9.47 Å². The molecule has 0 unspecified atom stereocenters. The summed E-state index contributed by atoms with van der Waals surface area (Å²) in [6.45, 7) is 0. The Morgan fingerprint density at radius 3 is 1.54 bits per heavy atom. The monoisotopic (exact) mass is 882 g/mol. The van der Waals surface area contributed by atoms with Crippen LogP contribution in [0.3, 0.4) is 0 Å². The molecule has 0 fully saturated rings. The third-order valence-electron chi connectivity index (χ3n) is 14.4. The van der Waals surface area contributed by atoms with E-state index in [0.717, 1.165) is 17.1 Å². The molecule has 2 aliphatic rings. The Morgan fingerprint density at radius 2 is 0.838 bits per heavy atom. The van der Waals surface area contributed by atoms with Crippen LogP contribution in [0.2, 0.25) is 0 Å². The standard InChI is InChI=1S/C65H42N2S/c1-3-15-43(16-4-1)44-27-32-50(33-28-44)66(51-34-29-45(30-35-51)48-31-38-62-56(40-48)54-21-9-12-24-61(54)67(62)49-19-5-2-6-20-49)52-36-37-53-55-39-46-17-7-8-18-47(46)41-59(55)65(60(53)42-52)57-22-10-13-25-63(57)68-64-26-14-11-23-58(64)65/h1-42H. The summed E-state index contributed by atoms with van der Waals surface area (Å²) in [4.78, 5) is 5.04. The van der Waals surface area contributed by atoms with E-state index < -0.39 is 5.41 Å². The first-order valence-electron chi connectivity index (χ1n) is 23.4. The van der Waals surface area contributed by atoms with Crippen molar-refractivity contribution in [1.29, 1.82) is 0 Å². The van der Waals surface area contributed by atoms with E-state index in [1.54, 1.807) is 0 Å². The maximum atomic E-state index is 2.50. The van der Waals surface area contributed by atoms with Gasteiger partial charge in [-0.3, -0.25) is 0 Å². The lowest BCUT2D eigenvalue weighted by Gasteiger charge is -2.40. The van der Waals surface area contributed by atoms with Crippen LogP contribution in [0.15, 0.2) is 265 Å². The van der Waals surface area contributed by atoms with Gasteiger partial charge in [-0.05, 0) is 157 Å². The quantitative estimate of drug-likeness (QED) is 0.164. The van der Waals surface area contributed by atoms with E-state index in [0.29, 0.717) is 0 Å². The van der Waals surface area contributed by atoms with Crippen LogP contribution in [0, 0.1) is 0 Å². The minimum atomic E-state index is -0.516. The molecule has 0 amide bonds. The predicted molar refractivity (Wildman–Crippen MR) is 285 cm³/mol. The Kier molecular flexibility index (Phi) is 8.77. The summed E-state index contributed by atoms with van der Waals surface area (Å²) in [5, 5.41) is 5.01. The lowest BCUT2D eigenvalue weighted by atomic mass is 9.67. The number of rotatable bonds is 6. The fraction of sp³-hybridized carbons (Fsp3) is 0.0154. The van der Waals surface area contributed by atoms with Gasteiger partial charge in [0.2, 0.25) is 0 Å². The molecule has 1 aromatic heterocycles. The molecule has 3 heteroatoms. The zero-order valence-corrected chi connectivity index (χ0v) is 37.9. The van der Waals surface area contributed by atoms with E-state index in [9.17, 15) is 0 Å². The Balaban J connectivity index is 0.951. The highest BCUT2D eigenvalue weighted by molar-refractivity contribution is 7.99. The van der Waals surface area contributed by atoms with E-state index in [4.69, 9.17) is 0 Å². The van der Waals surface area contributed by atoms with Crippen LogP contribution in [0.4, 0.5) is 17.1 Å². The minimum Gasteiger partial charge on any atom is -0.310 e. The van der Waals surface area contributed by atoms with Gasteiger partial charge in [-0.15, -0.1) is 0 Å². The van der Waals surface area contributed by atoms with Crippen molar-refractivity contribution in [2.45, 2.75) is 15.2 Å². The van der Waals surface area contributed by atoms with Crippen molar-refractivity contribution in [3.8, 4) is 39.1 Å². The molecule has 2 heterocycles. The van der Waals surface area contributed by atoms with Crippen LogP contribution in [0.5, 0.6) is 0 Å². The second-order valence-corrected chi connectivity index (χ2v) is 19.1. The molecule has 0 saturated carbocycles. The predicted octanol–water partition coefficient (Wildman–Crippen LogP) is 17.6. The fourth-order valence-electron chi connectivity index (χ4n) is 11.4. The van der Waals surface area contributed by atoms with Gasteiger partial charge in [0.05, 0.1) is 16.4 Å². The summed E-state index contributed by atoms with van der Waals surface area (Å²) in [6.07, 6.45) is 0. The molecule has 1 spiro atoms. The molecule has 0 atom stereocenters. The first kappa shape index (κ1) is 38.9. The van der Waals surface area contributed by atoms with Crippen molar-refractivity contribution < 1.29 is 0 Å². The van der Waals surface area contributed by atoms with Crippen LogP contribution in [0.25, 0.3) is 71.6 Å². The number of fused-ring (bicyclic) bond motifs is 13. The lowest BCUT2D eigenvalue weighted by molar-refractivity contribution is 0.723. The Morgan fingerprint density at radius 1 is 0.324 bits per heavy atom. The molecular formula is C65H42N2S. The Hall–Kier alpha value is -8.37. The largest absolute Gasteiger partial charge is 0.310 e. The maximum Gasteiger partial charge on any atom is 0.0736 e. The summed E-state index contributed by atoms with van der Waals surface area (Å²) in [5.74, 6) is 0. The Bertz CT molecular complexity index is 3880. The van der Waals surface area contributed by atoms with Crippen LogP contribution in [-0.4, -0.2) is 4.57 Å². The number of para-hydroxylation sites is 2. The van der Waals surface area contributed by atoms with Crippen molar-refractivity contribution in [1.82, 2.24) is 4.57 Å². The summed E-state index contributed by atoms with van der Waals surface area (Å²) in [5.41, 5.74) is 19.0. The fourth-order valence-corrected chi connectivity index (χ4v) is 12.6. The molecule has 318 valence electrons. The average molecular weight is 883 g/mol. The molecule has 1 aliphatic heterocycles. The van der Waals surface area contributed by atoms with Crippen LogP contribution in [0.1, 0.15) is 22.3 Å². The molecule has 0 N–H and O–H groups in total. The van der Waals surface area contributed by atoms with E-state index in [2.05, 4.69) is 264 Å². The molecular weight excluding hydrogens is 841 g/mol. The van der Waals surface area contributed by atoms with Crippen LogP contribution < -0.4 is 4.90 Å². The number of aromatic nitrogens is 1. The number of benzene rings is 11. The SMILES string of the molecule is c1ccc(-c2ccc(N(c3ccc(-c4ccc5c(c4)c4ccccc4n5-c4ccccc4)cc3)c3ccc4c(c3)C3(c5ccccc5Sc5ccccc53)c3cc5ccccc5cc3-4)cc2)cc1. The van der Waals surface area contributed by atoms with E-state index in [1.165, 1.54) is 104 Å². The molecule has 2 nitrogen and oxygen atoms in total. The van der Waals surface area contributed by atoms with Crippen LogP contribution in [-0.2, 0) is 5.41 Å². The highest BCUT2D eigenvalue weighted by Crippen LogP contribution is 2.63. The van der Waals surface area contributed by atoms with Crippen molar-refractivity contribution in [3.05, 3.63) is 277 Å². The van der Waals surface area contributed by atoms with Gasteiger partial charge in [-0.2, -0.15) is 0 Å². The number of hydrogen-bond acceptors (Lipinski definition) is 2. The normalized spacial score (nSPS) is 13.1. The molecule has 14 rings (SSSR count). The van der Waals surface area contributed by atoms with Crippen molar-refractivity contribution in [2.75, 3.05) is 4.90 Å². The van der Waals surface area contributed by atoms with Crippen molar-refractivity contribution in [3.63, 3.8) is 0 Å². The van der Waals surface area contributed by atoms with Crippen molar-refractivity contribution in [2.24, 2.45) is 0 Å². The van der Waals surface area contributed by atoms with Crippen LogP contribution >= 0.6 is 11.8 Å². The molecule has 1 aliphatic carbocycles. The first-order valence-corrected chi connectivity index (χ1v) is 24.2. The van der Waals surface area contributed by atoms with Gasteiger partial charge in [0, 0.05) is 43.3 Å². The number of hydrogen-bond donors (Lipinski definition) is 0. The number of anilines is 3. The van der Waals surface area contributed by atoms with Gasteiger partial charge in [0.25, 0.3) is 0 Å². The smallest absolute Gasteiger partial charge is 0.0736 e. The van der Waals surface area contributed by atoms with Gasteiger partial charge >= 0.3 is 0 Å². The Labute approximate surface area is 400 Å². The summed E-state index contributed by atoms with van der Waals surface area (Å²) in [6, 6.07) is 94.4. The summed E-state index contributed by atoms with van der Waals surface area (Å²) < 4.78 is 2.38. The van der Waals surface area contributed by atoms with Gasteiger partial charge in [0.1, 0.15) is 0 Å². The summed E-state index contributed by atoms with van der Waals surface area (Å²) in [7, 11) is 0. The van der Waals surface area contributed by atoms with Gasteiger partial charge in [0.15, 0.2) is 0 Å². The molecule has 11 aromatic carbocycles. The zero-order valence-electron chi connectivity index (χ0n) is 37.1. The summed E-state index contributed by atoms with van der Waals surface area (Å²) >= 11 is 1.89. The third kappa shape index (κ3) is 5.86. The second kappa shape index (κ2) is 15.4. The van der Waals surface area contributed by atoms with Gasteiger partial charge in [-0.25, -0.2) is 0 Å². The third-order valence-corrected chi connectivity index (χ3v) is 15.6. The highest BCUT2D eigenvalue weighted by atomic mass is 32.2. The molecule has 0 saturated heterocycles. The van der Waals surface area contributed by atoms with E-state index >= 15 is 0 Å².